The Balaban J connectivity index is 1.76. The summed E-state index contributed by atoms with van der Waals surface area (Å²) in [5.41, 5.74) is 2.07. The Kier molecular flexibility index (Phi) is 7.72. The van der Waals surface area contributed by atoms with Crippen molar-refractivity contribution in [1.29, 1.82) is 0 Å². The standard InChI is InChI=1S/C23H26N2O5S/c1-5-11-30-19-10-8-16(13-21(19)29-6-2)22(26)25-23-24-17(14-31-23)15-7-9-18(27-3)20(12-15)28-4/h7-10,12-14H,5-6,11H2,1-4H3,(H,24,25,26). The number of nitrogens with zero attached hydrogens (tertiary/aromatic N) is 1. The number of aromatic nitrogens is 1. The van der Waals surface area contributed by atoms with Gasteiger partial charge in [-0.2, -0.15) is 0 Å². The van der Waals surface area contributed by atoms with Crippen LogP contribution in [0.5, 0.6) is 23.0 Å². The lowest BCUT2D eigenvalue weighted by Gasteiger charge is -2.12. The number of carbonyl (C=O) groups excluding carboxylic acids is 1. The molecular formula is C23H26N2O5S. The normalized spacial score (nSPS) is 10.5. The van der Waals surface area contributed by atoms with Gasteiger partial charge in [-0.05, 0) is 49.7 Å². The van der Waals surface area contributed by atoms with Gasteiger partial charge in [-0.25, -0.2) is 4.98 Å². The van der Waals surface area contributed by atoms with E-state index in [2.05, 4.69) is 10.3 Å². The smallest absolute Gasteiger partial charge is 0.257 e. The second kappa shape index (κ2) is 10.7. The topological polar surface area (TPSA) is 78.9 Å². The predicted molar refractivity (Wildman–Crippen MR) is 122 cm³/mol. The van der Waals surface area contributed by atoms with Gasteiger partial charge in [0, 0.05) is 16.5 Å². The number of anilines is 1. The van der Waals surface area contributed by atoms with E-state index in [-0.39, 0.29) is 5.91 Å². The highest BCUT2D eigenvalue weighted by atomic mass is 32.1. The molecule has 0 saturated heterocycles. The summed E-state index contributed by atoms with van der Waals surface area (Å²) in [6.07, 6.45) is 0.889. The molecule has 0 fully saturated rings. The number of methoxy groups -OCH3 is 2. The van der Waals surface area contributed by atoms with Crippen molar-refractivity contribution >= 4 is 22.4 Å². The summed E-state index contributed by atoms with van der Waals surface area (Å²) in [4.78, 5) is 17.3. The molecule has 8 heteroatoms. The highest BCUT2D eigenvalue weighted by Crippen LogP contribution is 2.34. The summed E-state index contributed by atoms with van der Waals surface area (Å²) < 4.78 is 22.0. The van der Waals surface area contributed by atoms with Crippen LogP contribution in [0.25, 0.3) is 11.3 Å². The fourth-order valence-corrected chi connectivity index (χ4v) is 3.59. The van der Waals surface area contributed by atoms with Gasteiger partial charge >= 0.3 is 0 Å². The van der Waals surface area contributed by atoms with Crippen LogP contribution in [-0.4, -0.2) is 38.3 Å². The molecule has 1 N–H and O–H groups in total. The van der Waals surface area contributed by atoms with E-state index in [4.69, 9.17) is 18.9 Å². The maximum absolute atomic E-state index is 12.7. The summed E-state index contributed by atoms with van der Waals surface area (Å²) in [7, 11) is 3.18. The van der Waals surface area contributed by atoms with Crippen molar-refractivity contribution in [3.05, 3.63) is 47.3 Å². The zero-order valence-corrected chi connectivity index (χ0v) is 18.9. The number of amides is 1. The van der Waals surface area contributed by atoms with E-state index in [0.717, 1.165) is 17.7 Å². The molecule has 0 radical (unpaired) electrons. The van der Waals surface area contributed by atoms with Gasteiger partial charge in [0.1, 0.15) is 0 Å². The van der Waals surface area contributed by atoms with Crippen molar-refractivity contribution in [3.63, 3.8) is 0 Å². The summed E-state index contributed by atoms with van der Waals surface area (Å²) in [5.74, 6) is 2.18. The molecule has 7 nitrogen and oxygen atoms in total. The number of hydrogen-bond donors (Lipinski definition) is 1. The van der Waals surface area contributed by atoms with Crippen LogP contribution in [0.3, 0.4) is 0 Å². The second-order valence-electron chi connectivity index (χ2n) is 6.50. The zero-order valence-electron chi connectivity index (χ0n) is 18.1. The molecule has 1 heterocycles. The third-order valence-corrected chi connectivity index (χ3v) is 5.13. The number of carbonyl (C=O) groups is 1. The van der Waals surface area contributed by atoms with Crippen LogP contribution in [0, 0.1) is 0 Å². The van der Waals surface area contributed by atoms with Crippen molar-refractivity contribution in [1.82, 2.24) is 4.98 Å². The first-order valence-electron chi connectivity index (χ1n) is 9.98. The van der Waals surface area contributed by atoms with Crippen LogP contribution in [0.15, 0.2) is 41.8 Å². The first-order chi connectivity index (χ1) is 15.1. The van der Waals surface area contributed by atoms with Gasteiger partial charge in [-0.15, -0.1) is 11.3 Å². The third-order valence-electron chi connectivity index (χ3n) is 4.37. The zero-order chi connectivity index (χ0) is 22.2. The first kappa shape index (κ1) is 22.4. The van der Waals surface area contributed by atoms with E-state index < -0.39 is 0 Å². The average Bonchev–Trinajstić information content (AvgIpc) is 3.26. The Labute approximate surface area is 185 Å². The van der Waals surface area contributed by atoms with Gasteiger partial charge in [-0.1, -0.05) is 6.92 Å². The minimum atomic E-state index is -0.267. The third kappa shape index (κ3) is 5.46. The highest BCUT2D eigenvalue weighted by Gasteiger charge is 2.15. The Morgan fingerprint density at radius 3 is 2.45 bits per heavy atom. The number of thiazole rings is 1. The Morgan fingerprint density at radius 2 is 1.74 bits per heavy atom. The van der Waals surface area contributed by atoms with Crippen molar-refractivity contribution < 1.29 is 23.7 Å². The van der Waals surface area contributed by atoms with E-state index in [9.17, 15) is 4.79 Å². The van der Waals surface area contributed by atoms with Crippen molar-refractivity contribution in [2.75, 3.05) is 32.8 Å². The van der Waals surface area contributed by atoms with Crippen LogP contribution >= 0.6 is 11.3 Å². The van der Waals surface area contributed by atoms with E-state index >= 15 is 0 Å². The molecule has 2 aromatic carbocycles. The molecule has 164 valence electrons. The van der Waals surface area contributed by atoms with Crippen LogP contribution in [0.4, 0.5) is 5.13 Å². The minimum Gasteiger partial charge on any atom is -0.493 e. The molecule has 0 bridgehead atoms. The molecular weight excluding hydrogens is 416 g/mol. The minimum absolute atomic E-state index is 0.267. The van der Waals surface area contributed by atoms with Crippen molar-refractivity contribution in [2.24, 2.45) is 0 Å². The van der Waals surface area contributed by atoms with Gasteiger partial charge in [0.25, 0.3) is 5.91 Å². The SMILES string of the molecule is CCCOc1ccc(C(=O)Nc2nc(-c3ccc(OC)c(OC)c3)cs2)cc1OCC. The van der Waals surface area contributed by atoms with E-state index in [0.29, 0.717) is 46.9 Å². The molecule has 0 atom stereocenters. The van der Waals surface area contributed by atoms with Crippen LogP contribution in [0.1, 0.15) is 30.6 Å². The lowest BCUT2D eigenvalue weighted by Crippen LogP contribution is -2.12. The first-order valence-corrected chi connectivity index (χ1v) is 10.9. The monoisotopic (exact) mass is 442 g/mol. The Hall–Kier alpha value is -3.26. The molecule has 0 aliphatic rings. The van der Waals surface area contributed by atoms with Crippen molar-refractivity contribution in [2.45, 2.75) is 20.3 Å². The molecule has 3 rings (SSSR count). The summed E-state index contributed by atoms with van der Waals surface area (Å²) in [6, 6.07) is 10.7. The molecule has 1 amide bonds. The number of rotatable bonds is 10. The van der Waals surface area contributed by atoms with Gasteiger partial charge < -0.3 is 18.9 Å². The van der Waals surface area contributed by atoms with Crippen LogP contribution in [-0.2, 0) is 0 Å². The molecule has 31 heavy (non-hydrogen) atoms. The number of benzene rings is 2. The van der Waals surface area contributed by atoms with Gasteiger partial charge in [0.15, 0.2) is 28.1 Å². The summed E-state index contributed by atoms with van der Waals surface area (Å²) in [6.45, 7) is 4.99. The predicted octanol–water partition coefficient (Wildman–Crippen LogP) is 5.27. The molecule has 0 aliphatic carbocycles. The van der Waals surface area contributed by atoms with Crippen LogP contribution < -0.4 is 24.3 Å². The van der Waals surface area contributed by atoms with Crippen LogP contribution in [0.2, 0.25) is 0 Å². The molecule has 0 spiro atoms. The Morgan fingerprint density at radius 1 is 0.968 bits per heavy atom. The maximum Gasteiger partial charge on any atom is 0.257 e. The molecule has 3 aromatic rings. The van der Waals surface area contributed by atoms with Crippen molar-refractivity contribution in [3.8, 4) is 34.3 Å². The van der Waals surface area contributed by atoms with E-state index in [1.165, 1.54) is 11.3 Å². The average molecular weight is 443 g/mol. The van der Waals surface area contributed by atoms with E-state index in [1.54, 1.807) is 32.4 Å². The quantitative estimate of drug-likeness (QED) is 0.461. The van der Waals surface area contributed by atoms with Gasteiger partial charge in [0.05, 0.1) is 33.1 Å². The van der Waals surface area contributed by atoms with E-state index in [1.807, 2.05) is 37.4 Å². The van der Waals surface area contributed by atoms with Gasteiger partial charge in [0.2, 0.25) is 0 Å². The lowest BCUT2D eigenvalue weighted by molar-refractivity contribution is 0.102. The second-order valence-corrected chi connectivity index (χ2v) is 7.36. The molecule has 0 unspecified atom stereocenters. The maximum atomic E-state index is 12.7. The number of nitrogens with one attached hydrogen (secondary N) is 1. The highest BCUT2D eigenvalue weighted by molar-refractivity contribution is 7.14. The summed E-state index contributed by atoms with van der Waals surface area (Å²) >= 11 is 1.35. The largest absolute Gasteiger partial charge is 0.493 e. The molecule has 1 aromatic heterocycles. The fraction of sp³-hybridized carbons (Fsp3) is 0.304. The molecule has 0 saturated carbocycles. The summed E-state index contributed by atoms with van der Waals surface area (Å²) in [5, 5.41) is 5.23. The number of hydrogen-bond acceptors (Lipinski definition) is 7. The fourth-order valence-electron chi connectivity index (χ4n) is 2.88. The number of ether oxygens (including phenoxy) is 4. The van der Waals surface area contributed by atoms with Gasteiger partial charge in [-0.3, -0.25) is 10.1 Å². The molecule has 0 aliphatic heterocycles. The Bertz CT molecular complexity index is 1030. The lowest BCUT2D eigenvalue weighted by atomic mass is 10.1.